The fourth-order valence-corrected chi connectivity index (χ4v) is 2.51. The summed E-state index contributed by atoms with van der Waals surface area (Å²) in [5.41, 5.74) is 0.356. The molecule has 2 amide bonds. The van der Waals surface area contributed by atoms with Crippen molar-refractivity contribution >= 4 is 6.03 Å². The minimum atomic E-state index is -4.38. The molecule has 2 aromatic rings. The molecule has 0 aromatic heterocycles. The van der Waals surface area contributed by atoms with Crippen LogP contribution in [-0.2, 0) is 19.1 Å². The van der Waals surface area contributed by atoms with Crippen molar-refractivity contribution in [2.45, 2.75) is 32.1 Å². The predicted molar refractivity (Wildman–Crippen MR) is 91.0 cm³/mol. The van der Waals surface area contributed by atoms with Crippen LogP contribution < -0.4 is 5.32 Å². The summed E-state index contributed by atoms with van der Waals surface area (Å²) in [5.74, 6) is -0.327. The van der Waals surface area contributed by atoms with Gasteiger partial charge in [-0.3, -0.25) is 0 Å². The normalized spacial score (nSPS) is 12.5. The van der Waals surface area contributed by atoms with Gasteiger partial charge in [-0.25, -0.2) is 9.18 Å². The number of amides is 2. The molecule has 0 spiro atoms. The highest BCUT2D eigenvalue weighted by Crippen LogP contribution is 2.29. The zero-order valence-electron chi connectivity index (χ0n) is 14.5. The number of hydrogen-bond acceptors (Lipinski definition) is 1. The Morgan fingerprint density at radius 1 is 1.12 bits per heavy atom. The van der Waals surface area contributed by atoms with Crippen molar-refractivity contribution in [3.63, 3.8) is 0 Å². The summed E-state index contributed by atoms with van der Waals surface area (Å²) in [6, 6.07) is 10.3. The maximum Gasteiger partial charge on any atom is 0.416 e. The molecule has 7 heteroatoms. The van der Waals surface area contributed by atoms with Crippen LogP contribution in [0.1, 0.15) is 23.6 Å². The van der Waals surface area contributed by atoms with Crippen LogP contribution >= 0.6 is 0 Å². The van der Waals surface area contributed by atoms with Crippen molar-refractivity contribution in [1.29, 1.82) is 0 Å². The summed E-state index contributed by atoms with van der Waals surface area (Å²) in [6.07, 6.45) is -4.05. The van der Waals surface area contributed by atoms with Gasteiger partial charge in [0.05, 0.1) is 5.56 Å². The van der Waals surface area contributed by atoms with E-state index in [-0.39, 0.29) is 24.4 Å². The molecule has 0 radical (unpaired) electrons. The van der Waals surface area contributed by atoms with Gasteiger partial charge in [-0.05, 0) is 42.7 Å². The van der Waals surface area contributed by atoms with E-state index >= 15 is 0 Å². The average molecular weight is 368 g/mol. The van der Waals surface area contributed by atoms with E-state index in [1.165, 1.54) is 23.1 Å². The Hall–Kier alpha value is -2.57. The lowest BCUT2D eigenvalue weighted by atomic mass is 10.1. The molecule has 0 fully saturated rings. The minimum Gasteiger partial charge on any atom is -0.335 e. The summed E-state index contributed by atoms with van der Waals surface area (Å²) < 4.78 is 51.3. The number of halogens is 4. The van der Waals surface area contributed by atoms with E-state index in [4.69, 9.17) is 0 Å². The maximum atomic E-state index is 13.6. The number of rotatable bonds is 5. The highest BCUT2D eigenvalue weighted by atomic mass is 19.4. The summed E-state index contributed by atoms with van der Waals surface area (Å²) >= 11 is 0. The van der Waals surface area contributed by atoms with E-state index in [1.54, 1.807) is 32.2 Å². The van der Waals surface area contributed by atoms with Gasteiger partial charge in [0, 0.05) is 19.6 Å². The fraction of sp³-hybridized carbons (Fsp3) is 0.316. The Bertz CT molecular complexity index is 744. The Kier molecular flexibility index (Phi) is 6.23. The van der Waals surface area contributed by atoms with Gasteiger partial charge < -0.3 is 10.2 Å². The van der Waals surface area contributed by atoms with Gasteiger partial charge >= 0.3 is 12.2 Å². The lowest BCUT2D eigenvalue weighted by molar-refractivity contribution is -0.137. The van der Waals surface area contributed by atoms with Crippen molar-refractivity contribution in [1.82, 2.24) is 10.2 Å². The molecule has 1 N–H and O–H groups in total. The third-order valence-electron chi connectivity index (χ3n) is 3.90. The average Bonchev–Trinajstić information content (AvgIpc) is 2.56. The summed E-state index contributed by atoms with van der Waals surface area (Å²) in [7, 11) is 1.54. The van der Waals surface area contributed by atoms with Crippen molar-refractivity contribution in [3.05, 3.63) is 71.0 Å². The van der Waals surface area contributed by atoms with Crippen molar-refractivity contribution < 1.29 is 22.4 Å². The zero-order valence-corrected chi connectivity index (χ0v) is 14.5. The Labute approximate surface area is 149 Å². The molecule has 0 heterocycles. The second kappa shape index (κ2) is 8.21. The monoisotopic (exact) mass is 368 g/mol. The first-order valence-electron chi connectivity index (χ1n) is 8.08. The molecule has 3 nitrogen and oxygen atoms in total. The molecular formula is C19H20F4N2O. The molecule has 2 rings (SSSR count). The number of urea groups is 1. The molecule has 140 valence electrons. The van der Waals surface area contributed by atoms with Crippen LogP contribution in [0, 0.1) is 5.82 Å². The Morgan fingerprint density at radius 2 is 1.73 bits per heavy atom. The molecule has 1 atom stereocenters. The first kappa shape index (κ1) is 19.8. The van der Waals surface area contributed by atoms with E-state index in [9.17, 15) is 22.4 Å². The van der Waals surface area contributed by atoms with Gasteiger partial charge in [-0.2, -0.15) is 13.2 Å². The lowest BCUT2D eigenvalue weighted by Crippen LogP contribution is -2.42. The molecule has 0 bridgehead atoms. The van der Waals surface area contributed by atoms with Crippen LogP contribution in [0.15, 0.2) is 48.5 Å². The standard InChI is InChI=1S/C19H20F4N2O/c1-13(11-15-5-3-4-6-17(15)20)24-18(26)25(2)12-14-7-9-16(10-8-14)19(21,22)23/h3-10,13H,11-12H2,1-2H3,(H,24,26). The molecule has 0 aliphatic carbocycles. The number of alkyl halides is 3. The van der Waals surface area contributed by atoms with Gasteiger partial charge in [-0.15, -0.1) is 0 Å². The van der Waals surface area contributed by atoms with Crippen LogP contribution in [0.25, 0.3) is 0 Å². The summed E-state index contributed by atoms with van der Waals surface area (Å²) in [4.78, 5) is 13.6. The lowest BCUT2D eigenvalue weighted by Gasteiger charge is -2.22. The van der Waals surface area contributed by atoms with Gasteiger partial charge in [0.2, 0.25) is 0 Å². The molecular weight excluding hydrogens is 348 g/mol. The SMILES string of the molecule is CC(Cc1ccccc1F)NC(=O)N(C)Cc1ccc(C(F)(F)F)cc1. The van der Waals surface area contributed by atoms with Gasteiger partial charge in [0.25, 0.3) is 0 Å². The molecule has 0 aliphatic rings. The zero-order chi connectivity index (χ0) is 19.3. The van der Waals surface area contributed by atoms with E-state index in [0.29, 0.717) is 17.5 Å². The van der Waals surface area contributed by atoms with Gasteiger partial charge in [0.15, 0.2) is 0 Å². The third kappa shape index (κ3) is 5.47. The number of nitrogens with zero attached hydrogens (tertiary/aromatic N) is 1. The van der Waals surface area contributed by atoms with Crippen LogP contribution in [0.5, 0.6) is 0 Å². The van der Waals surface area contributed by atoms with Crippen LogP contribution in [0.4, 0.5) is 22.4 Å². The largest absolute Gasteiger partial charge is 0.416 e. The summed E-state index contributed by atoms with van der Waals surface area (Å²) in [5, 5.41) is 2.75. The fourth-order valence-electron chi connectivity index (χ4n) is 2.51. The van der Waals surface area contributed by atoms with Crippen molar-refractivity contribution in [3.8, 4) is 0 Å². The van der Waals surface area contributed by atoms with E-state index in [2.05, 4.69) is 5.32 Å². The predicted octanol–water partition coefficient (Wildman–Crippen LogP) is 4.62. The molecule has 0 aliphatic heterocycles. The molecule has 2 aromatic carbocycles. The second-order valence-corrected chi connectivity index (χ2v) is 6.20. The Morgan fingerprint density at radius 3 is 2.31 bits per heavy atom. The number of carbonyl (C=O) groups excluding carboxylic acids is 1. The number of hydrogen-bond donors (Lipinski definition) is 1. The van der Waals surface area contributed by atoms with E-state index < -0.39 is 11.7 Å². The first-order valence-corrected chi connectivity index (χ1v) is 8.08. The van der Waals surface area contributed by atoms with Crippen LogP contribution in [0.2, 0.25) is 0 Å². The number of benzene rings is 2. The second-order valence-electron chi connectivity index (χ2n) is 6.20. The molecule has 26 heavy (non-hydrogen) atoms. The van der Waals surface area contributed by atoms with Crippen LogP contribution in [-0.4, -0.2) is 24.0 Å². The summed E-state index contributed by atoms with van der Waals surface area (Å²) in [6.45, 7) is 1.92. The molecule has 0 saturated carbocycles. The highest BCUT2D eigenvalue weighted by molar-refractivity contribution is 5.74. The smallest absolute Gasteiger partial charge is 0.335 e. The number of carbonyl (C=O) groups is 1. The quantitative estimate of drug-likeness (QED) is 0.768. The highest BCUT2D eigenvalue weighted by Gasteiger charge is 2.30. The Balaban J connectivity index is 1.90. The van der Waals surface area contributed by atoms with Crippen LogP contribution in [0.3, 0.4) is 0 Å². The maximum absolute atomic E-state index is 13.6. The van der Waals surface area contributed by atoms with Gasteiger partial charge in [-0.1, -0.05) is 30.3 Å². The van der Waals surface area contributed by atoms with Crippen molar-refractivity contribution in [2.24, 2.45) is 0 Å². The molecule has 1 unspecified atom stereocenters. The van der Waals surface area contributed by atoms with E-state index in [0.717, 1.165) is 12.1 Å². The van der Waals surface area contributed by atoms with E-state index in [1.807, 2.05) is 0 Å². The molecule has 0 saturated heterocycles. The van der Waals surface area contributed by atoms with Crippen molar-refractivity contribution in [2.75, 3.05) is 7.05 Å². The van der Waals surface area contributed by atoms with Gasteiger partial charge in [0.1, 0.15) is 5.82 Å². The third-order valence-corrected chi connectivity index (χ3v) is 3.90. The minimum absolute atomic E-state index is 0.163. The topological polar surface area (TPSA) is 32.3 Å². The first-order chi connectivity index (χ1) is 12.2. The number of nitrogens with one attached hydrogen (secondary N) is 1.